The van der Waals surface area contributed by atoms with Gasteiger partial charge in [0.25, 0.3) is 0 Å². The van der Waals surface area contributed by atoms with Crippen molar-refractivity contribution in [1.82, 2.24) is 4.90 Å². The van der Waals surface area contributed by atoms with Crippen molar-refractivity contribution >= 4 is 33.9 Å². The van der Waals surface area contributed by atoms with Crippen LogP contribution in [0.25, 0.3) is 6.08 Å². The maximum absolute atomic E-state index is 12.0. The predicted octanol–water partition coefficient (Wildman–Crippen LogP) is 1.37. The van der Waals surface area contributed by atoms with Crippen LogP contribution < -0.4 is 0 Å². The lowest BCUT2D eigenvalue weighted by Crippen LogP contribution is -2.52. The number of carbonyl (C=O) groups is 2. The first-order valence-corrected chi connectivity index (χ1v) is 6.42. The van der Waals surface area contributed by atoms with Crippen molar-refractivity contribution in [3.8, 4) is 0 Å². The average Bonchev–Trinajstić information content (AvgIpc) is 2.81. The second-order valence-corrected chi connectivity index (χ2v) is 4.72. The Morgan fingerprint density at radius 2 is 2.26 bits per heavy atom. The van der Waals surface area contributed by atoms with Crippen LogP contribution in [0.3, 0.4) is 0 Å². The molecule has 1 amide bonds. The molecule has 1 aromatic rings. The van der Waals surface area contributed by atoms with Gasteiger partial charge in [0.15, 0.2) is 10.7 Å². The minimum atomic E-state index is -1.07. The summed E-state index contributed by atoms with van der Waals surface area (Å²) in [7, 11) is 0. The fourth-order valence-electron chi connectivity index (χ4n) is 1.74. The maximum Gasteiger partial charge on any atom is 0.328 e. The zero-order valence-corrected chi connectivity index (χ0v) is 11.5. The molecule has 1 unspecified atom stereocenters. The molecule has 2 rings (SSSR count). The summed E-state index contributed by atoms with van der Waals surface area (Å²) in [5.41, 5.74) is 0. The molecule has 2 heterocycles. The maximum atomic E-state index is 12.0. The van der Waals surface area contributed by atoms with Crippen molar-refractivity contribution in [3.05, 3.63) is 28.6 Å². The number of carboxylic acids is 1. The number of halogens is 1. The van der Waals surface area contributed by atoms with Crippen LogP contribution in [0.2, 0.25) is 0 Å². The van der Waals surface area contributed by atoms with E-state index in [2.05, 4.69) is 15.9 Å². The van der Waals surface area contributed by atoms with E-state index in [1.54, 1.807) is 12.1 Å². The van der Waals surface area contributed by atoms with Crippen molar-refractivity contribution in [2.24, 2.45) is 0 Å². The molecule has 0 aromatic carbocycles. The number of hydrogen-bond donors (Lipinski definition) is 1. The molecule has 0 spiro atoms. The highest BCUT2D eigenvalue weighted by atomic mass is 79.9. The largest absolute Gasteiger partial charge is 0.480 e. The molecule has 7 heteroatoms. The van der Waals surface area contributed by atoms with Crippen LogP contribution in [0.15, 0.2) is 27.3 Å². The van der Waals surface area contributed by atoms with Gasteiger partial charge in [-0.25, -0.2) is 4.79 Å². The molecule has 1 saturated heterocycles. The summed E-state index contributed by atoms with van der Waals surface area (Å²) in [5, 5.41) is 9.02. The van der Waals surface area contributed by atoms with E-state index in [9.17, 15) is 9.59 Å². The fourth-order valence-corrected chi connectivity index (χ4v) is 2.06. The summed E-state index contributed by atoms with van der Waals surface area (Å²) < 4.78 is 10.8. The summed E-state index contributed by atoms with van der Waals surface area (Å²) in [6, 6.07) is 2.47. The van der Waals surface area contributed by atoms with Crippen LogP contribution in [-0.4, -0.2) is 47.7 Å². The zero-order valence-electron chi connectivity index (χ0n) is 9.91. The zero-order chi connectivity index (χ0) is 13.8. The molecule has 1 N–H and O–H groups in total. The first-order chi connectivity index (χ1) is 9.08. The number of hydrogen-bond acceptors (Lipinski definition) is 4. The van der Waals surface area contributed by atoms with E-state index in [0.29, 0.717) is 17.0 Å². The monoisotopic (exact) mass is 329 g/mol. The van der Waals surface area contributed by atoms with Gasteiger partial charge in [-0.15, -0.1) is 0 Å². The van der Waals surface area contributed by atoms with Gasteiger partial charge in [-0.1, -0.05) is 0 Å². The Balaban J connectivity index is 2.05. The number of aliphatic carboxylic acids is 1. The minimum Gasteiger partial charge on any atom is -0.480 e. The van der Waals surface area contributed by atoms with Crippen LogP contribution in [0, 0.1) is 0 Å². The lowest BCUT2D eigenvalue weighted by atomic mass is 10.2. The summed E-state index contributed by atoms with van der Waals surface area (Å²) in [5.74, 6) is -0.925. The summed E-state index contributed by atoms with van der Waals surface area (Å²) in [4.78, 5) is 24.3. The molecule has 0 saturated carbocycles. The average molecular weight is 330 g/mol. The number of nitrogens with zero attached hydrogens (tertiary/aromatic N) is 1. The Morgan fingerprint density at radius 3 is 2.89 bits per heavy atom. The molecule has 1 aliphatic heterocycles. The molecule has 0 radical (unpaired) electrons. The number of morpholine rings is 1. The summed E-state index contributed by atoms with van der Waals surface area (Å²) in [6.07, 6.45) is 2.80. The molecule has 1 aromatic heterocycles. The van der Waals surface area contributed by atoms with Crippen molar-refractivity contribution in [1.29, 1.82) is 0 Å². The Morgan fingerprint density at radius 1 is 1.47 bits per heavy atom. The first-order valence-electron chi connectivity index (χ1n) is 5.62. The van der Waals surface area contributed by atoms with Crippen LogP contribution in [-0.2, 0) is 14.3 Å². The Bertz CT molecular complexity index is 510. The molecule has 102 valence electrons. The minimum absolute atomic E-state index is 0.0151. The number of carbonyl (C=O) groups excluding carboxylic acids is 1. The van der Waals surface area contributed by atoms with Gasteiger partial charge in [-0.2, -0.15) is 0 Å². The van der Waals surface area contributed by atoms with Crippen molar-refractivity contribution < 1.29 is 23.8 Å². The molecule has 1 fully saturated rings. The Labute approximate surface area is 117 Å². The van der Waals surface area contributed by atoms with Crippen molar-refractivity contribution in [2.75, 3.05) is 19.8 Å². The van der Waals surface area contributed by atoms with Gasteiger partial charge in [0.05, 0.1) is 13.2 Å². The van der Waals surface area contributed by atoms with E-state index in [-0.39, 0.29) is 19.1 Å². The predicted molar refractivity (Wildman–Crippen MR) is 69.4 cm³/mol. The van der Waals surface area contributed by atoms with Crippen LogP contribution >= 0.6 is 15.9 Å². The number of rotatable bonds is 3. The molecule has 1 aliphatic rings. The van der Waals surface area contributed by atoms with E-state index in [0.717, 1.165) is 0 Å². The standard InChI is InChI=1S/C12H12BrNO5/c13-10-3-1-8(19-10)2-4-11(15)14-5-6-18-7-9(14)12(16)17/h1-4,9H,5-7H2,(H,16,17). The Kier molecular flexibility index (Phi) is 4.39. The molecular weight excluding hydrogens is 318 g/mol. The molecular formula is C12H12BrNO5. The van der Waals surface area contributed by atoms with Gasteiger partial charge < -0.3 is 19.2 Å². The van der Waals surface area contributed by atoms with E-state index in [4.69, 9.17) is 14.3 Å². The molecule has 0 bridgehead atoms. The second-order valence-electron chi connectivity index (χ2n) is 3.94. The summed E-state index contributed by atoms with van der Waals surface area (Å²) in [6.45, 7) is 0.624. The topological polar surface area (TPSA) is 80.0 Å². The lowest BCUT2D eigenvalue weighted by molar-refractivity contribution is -0.156. The normalized spacial score (nSPS) is 19.8. The number of ether oxygens (including phenoxy) is 1. The Hall–Kier alpha value is -1.60. The lowest BCUT2D eigenvalue weighted by Gasteiger charge is -2.31. The van der Waals surface area contributed by atoms with Gasteiger partial charge in [-0.05, 0) is 34.1 Å². The van der Waals surface area contributed by atoms with Crippen LogP contribution in [0.5, 0.6) is 0 Å². The van der Waals surface area contributed by atoms with Gasteiger partial charge in [0.2, 0.25) is 5.91 Å². The van der Waals surface area contributed by atoms with Crippen LogP contribution in [0.1, 0.15) is 5.76 Å². The van der Waals surface area contributed by atoms with Crippen LogP contribution in [0.4, 0.5) is 0 Å². The molecule has 6 nitrogen and oxygen atoms in total. The molecule has 0 aliphatic carbocycles. The quantitative estimate of drug-likeness (QED) is 0.847. The highest BCUT2D eigenvalue weighted by molar-refractivity contribution is 9.10. The third kappa shape index (κ3) is 3.45. The SMILES string of the molecule is O=C(O)C1COCCN1C(=O)C=Cc1ccc(Br)o1. The van der Waals surface area contributed by atoms with Gasteiger partial charge in [0, 0.05) is 12.6 Å². The molecule has 1 atom stereocenters. The van der Waals surface area contributed by atoms with E-state index in [1.165, 1.54) is 17.1 Å². The third-order valence-electron chi connectivity index (χ3n) is 2.68. The smallest absolute Gasteiger partial charge is 0.328 e. The highest BCUT2D eigenvalue weighted by Crippen LogP contribution is 2.15. The third-order valence-corrected chi connectivity index (χ3v) is 3.11. The first kappa shape index (κ1) is 13.8. The van der Waals surface area contributed by atoms with Crippen molar-refractivity contribution in [3.63, 3.8) is 0 Å². The second kappa shape index (κ2) is 6.03. The molecule has 19 heavy (non-hydrogen) atoms. The van der Waals surface area contributed by atoms with E-state index in [1.807, 2.05) is 0 Å². The summed E-state index contributed by atoms with van der Waals surface area (Å²) >= 11 is 3.15. The highest BCUT2D eigenvalue weighted by Gasteiger charge is 2.31. The number of furan rings is 1. The van der Waals surface area contributed by atoms with Crippen molar-refractivity contribution in [2.45, 2.75) is 6.04 Å². The van der Waals surface area contributed by atoms with E-state index >= 15 is 0 Å². The van der Waals surface area contributed by atoms with E-state index < -0.39 is 12.0 Å². The van der Waals surface area contributed by atoms with Gasteiger partial charge in [0.1, 0.15) is 5.76 Å². The number of amides is 1. The van der Waals surface area contributed by atoms with Gasteiger partial charge >= 0.3 is 5.97 Å². The fraction of sp³-hybridized carbons (Fsp3) is 0.333. The number of carboxylic acid groups (broad SMARTS) is 1. The van der Waals surface area contributed by atoms with Gasteiger partial charge in [-0.3, -0.25) is 4.79 Å².